The molecule has 6 nitrogen and oxygen atoms in total. The average Bonchev–Trinajstić information content (AvgIpc) is 3.49. The van der Waals surface area contributed by atoms with Crippen molar-refractivity contribution in [3.05, 3.63) is 51.9 Å². The lowest BCUT2D eigenvalue weighted by Crippen LogP contribution is -2.26. The highest BCUT2D eigenvalue weighted by molar-refractivity contribution is 7.17. The first-order chi connectivity index (χ1) is 17.0. The Morgan fingerprint density at radius 1 is 1.11 bits per heavy atom. The number of carbonyl (C=O) groups is 3. The lowest BCUT2D eigenvalue weighted by Gasteiger charge is -2.19. The summed E-state index contributed by atoms with van der Waals surface area (Å²) in [5, 5.41) is 3.41. The zero-order valence-corrected chi connectivity index (χ0v) is 21.5. The van der Waals surface area contributed by atoms with Crippen LogP contribution in [0.1, 0.15) is 91.3 Å². The SMILES string of the molecule is CCOC(=O)c1c(NC(=O)C(OC(=O)CCC2CCCC2)c2ccccc2)sc2c1CCC(C)C2. The van der Waals surface area contributed by atoms with E-state index >= 15 is 0 Å². The number of amides is 1. The summed E-state index contributed by atoms with van der Waals surface area (Å²) in [6, 6.07) is 9.05. The van der Waals surface area contributed by atoms with Crippen molar-refractivity contribution in [1.29, 1.82) is 0 Å². The van der Waals surface area contributed by atoms with Crippen molar-refractivity contribution < 1.29 is 23.9 Å². The van der Waals surface area contributed by atoms with Crippen molar-refractivity contribution in [3.8, 4) is 0 Å². The monoisotopic (exact) mass is 497 g/mol. The smallest absolute Gasteiger partial charge is 0.341 e. The molecule has 35 heavy (non-hydrogen) atoms. The van der Waals surface area contributed by atoms with Crippen molar-refractivity contribution in [2.45, 2.75) is 77.7 Å². The molecule has 2 unspecified atom stereocenters. The van der Waals surface area contributed by atoms with Gasteiger partial charge < -0.3 is 14.8 Å². The van der Waals surface area contributed by atoms with E-state index in [2.05, 4.69) is 12.2 Å². The number of thiophene rings is 1. The molecule has 2 atom stereocenters. The Hall–Kier alpha value is -2.67. The Labute approximate surface area is 211 Å². The maximum absolute atomic E-state index is 13.5. The Morgan fingerprint density at radius 3 is 2.57 bits per heavy atom. The van der Waals surface area contributed by atoms with Gasteiger partial charge in [-0.05, 0) is 50.0 Å². The molecule has 0 radical (unpaired) electrons. The number of nitrogens with one attached hydrogen (secondary N) is 1. The predicted octanol–water partition coefficient (Wildman–Crippen LogP) is 6.24. The highest BCUT2D eigenvalue weighted by atomic mass is 32.1. The topological polar surface area (TPSA) is 81.7 Å². The third kappa shape index (κ3) is 6.31. The summed E-state index contributed by atoms with van der Waals surface area (Å²) in [6.07, 6.45) is 7.45. The second kappa shape index (κ2) is 11.8. The second-order valence-corrected chi connectivity index (χ2v) is 10.8. The van der Waals surface area contributed by atoms with Crippen molar-refractivity contribution in [3.63, 3.8) is 0 Å². The van der Waals surface area contributed by atoms with Gasteiger partial charge in [0, 0.05) is 16.9 Å². The van der Waals surface area contributed by atoms with Crippen LogP contribution >= 0.6 is 11.3 Å². The van der Waals surface area contributed by atoms with Crippen LogP contribution < -0.4 is 5.32 Å². The van der Waals surface area contributed by atoms with Gasteiger partial charge in [-0.25, -0.2) is 4.79 Å². The minimum Gasteiger partial charge on any atom is -0.462 e. The molecule has 1 N–H and O–H groups in total. The number of hydrogen-bond donors (Lipinski definition) is 1. The molecule has 0 bridgehead atoms. The van der Waals surface area contributed by atoms with Gasteiger partial charge in [0.1, 0.15) is 5.00 Å². The fourth-order valence-corrected chi connectivity index (χ4v) is 6.55. The van der Waals surface area contributed by atoms with Gasteiger partial charge in [-0.2, -0.15) is 0 Å². The van der Waals surface area contributed by atoms with Crippen LogP contribution in [0.5, 0.6) is 0 Å². The lowest BCUT2D eigenvalue weighted by atomic mass is 9.88. The summed E-state index contributed by atoms with van der Waals surface area (Å²) < 4.78 is 11.1. The van der Waals surface area contributed by atoms with Gasteiger partial charge >= 0.3 is 11.9 Å². The summed E-state index contributed by atoms with van der Waals surface area (Å²) in [5.41, 5.74) is 2.03. The summed E-state index contributed by atoms with van der Waals surface area (Å²) in [7, 11) is 0. The molecule has 0 saturated heterocycles. The van der Waals surface area contributed by atoms with Crippen LogP contribution in [0, 0.1) is 11.8 Å². The molecule has 1 aromatic carbocycles. The average molecular weight is 498 g/mol. The molecule has 188 valence electrons. The fourth-order valence-electron chi connectivity index (χ4n) is 5.15. The molecular formula is C28H35NO5S. The standard InChI is InChI=1S/C28H35NO5S/c1-3-33-28(32)24-21-15-13-18(2)17-22(21)35-27(24)29-26(31)25(20-11-5-4-6-12-20)34-23(30)16-14-19-9-7-8-10-19/h4-6,11-12,18-19,25H,3,7-10,13-17H2,1-2H3,(H,29,31). The molecule has 1 amide bonds. The van der Waals surface area contributed by atoms with Crippen LogP contribution in [0.2, 0.25) is 0 Å². The van der Waals surface area contributed by atoms with E-state index in [1.807, 2.05) is 18.2 Å². The number of rotatable bonds is 9. The number of hydrogen-bond acceptors (Lipinski definition) is 6. The molecule has 0 aliphatic heterocycles. The molecule has 1 saturated carbocycles. The summed E-state index contributed by atoms with van der Waals surface area (Å²) in [4.78, 5) is 40.2. The summed E-state index contributed by atoms with van der Waals surface area (Å²) in [5.74, 6) is -0.149. The Balaban J connectivity index is 1.54. The highest BCUT2D eigenvalue weighted by Crippen LogP contribution is 2.40. The summed E-state index contributed by atoms with van der Waals surface area (Å²) >= 11 is 1.43. The maximum Gasteiger partial charge on any atom is 0.341 e. The zero-order chi connectivity index (χ0) is 24.8. The highest BCUT2D eigenvalue weighted by Gasteiger charge is 2.32. The molecular weight excluding hydrogens is 462 g/mol. The van der Waals surface area contributed by atoms with Gasteiger partial charge in [0.2, 0.25) is 6.10 Å². The molecule has 1 aromatic heterocycles. The lowest BCUT2D eigenvalue weighted by molar-refractivity contribution is -0.155. The van der Waals surface area contributed by atoms with Crippen molar-refractivity contribution in [2.24, 2.45) is 11.8 Å². The van der Waals surface area contributed by atoms with Crippen molar-refractivity contribution in [1.82, 2.24) is 0 Å². The van der Waals surface area contributed by atoms with Crippen LogP contribution in [0.4, 0.5) is 5.00 Å². The summed E-state index contributed by atoms with van der Waals surface area (Å²) in [6.45, 7) is 4.23. The van der Waals surface area contributed by atoms with E-state index in [4.69, 9.17) is 9.47 Å². The number of benzene rings is 1. The van der Waals surface area contributed by atoms with E-state index < -0.39 is 18.0 Å². The van der Waals surface area contributed by atoms with E-state index in [-0.39, 0.29) is 12.6 Å². The third-order valence-corrected chi connectivity index (χ3v) is 8.22. The number of fused-ring (bicyclic) bond motifs is 1. The van der Waals surface area contributed by atoms with Crippen LogP contribution in [0.3, 0.4) is 0 Å². The first kappa shape index (κ1) is 25.4. The second-order valence-electron chi connectivity index (χ2n) is 9.74. The molecule has 0 spiro atoms. The van der Waals surface area contributed by atoms with Crippen molar-refractivity contribution in [2.75, 3.05) is 11.9 Å². The minimum atomic E-state index is -1.08. The number of carbonyl (C=O) groups excluding carboxylic acids is 3. The molecule has 1 fully saturated rings. The quantitative estimate of drug-likeness (QED) is 0.415. The van der Waals surface area contributed by atoms with Gasteiger partial charge in [-0.3, -0.25) is 9.59 Å². The van der Waals surface area contributed by atoms with E-state index in [1.165, 1.54) is 24.2 Å². The van der Waals surface area contributed by atoms with Crippen LogP contribution in [-0.2, 0) is 31.9 Å². The van der Waals surface area contributed by atoms with Gasteiger partial charge in [-0.1, -0.05) is 62.9 Å². The molecule has 2 aliphatic carbocycles. The molecule has 1 heterocycles. The first-order valence-corrected chi connectivity index (χ1v) is 13.6. The van der Waals surface area contributed by atoms with E-state index in [9.17, 15) is 14.4 Å². The predicted molar refractivity (Wildman–Crippen MR) is 137 cm³/mol. The van der Waals surface area contributed by atoms with Gasteiger partial charge in [0.25, 0.3) is 5.91 Å². The Bertz CT molecular complexity index is 1040. The third-order valence-electron chi connectivity index (χ3n) is 7.05. The fraction of sp³-hybridized carbons (Fsp3) is 0.536. The largest absolute Gasteiger partial charge is 0.462 e. The Kier molecular flexibility index (Phi) is 8.60. The van der Waals surface area contributed by atoms with E-state index in [0.29, 0.717) is 34.4 Å². The van der Waals surface area contributed by atoms with Crippen molar-refractivity contribution >= 4 is 34.2 Å². The number of ether oxygens (including phenoxy) is 2. The maximum atomic E-state index is 13.5. The van der Waals surface area contributed by atoms with E-state index in [0.717, 1.165) is 49.0 Å². The molecule has 7 heteroatoms. The van der Waals surface area contributed by atoms with Crippen LogP contribution in [0.15, 0.2) is 30.3 Å². The van der Waals surface area contributed by atoms with Crippen LogP contribution in [0.25, 0.3) is 0 Å². The van der Waals surface area contributed by atoms with Gasteiger partial charge in [-0.15, -0.1) is 11.3 Å². The molecule has 2 aliphatic rings. The Morgan fingerprint density at radius 2 is 1.86 bits per heavy atom. The normalized spacial score (nSPS) is 18.5. The molecule has 2 aromatic rings. The zero-order valence-electron chi connectivity index (χ0n) is 20.6. The van der Waals surface area contributed by atoms with Gasteiger partial charge in [0.15, 0.2) is 0 Å². The number of anilines is 1. The minimum absolute atomic E-state index is 0.262. The number of esters is 2. The van der Waals surface area contributed by atoms with Crippen LogP contribution in [-0.4, -0.2) is 24.5 Å². The van der Waals surface area contributed by atoms with E-state index in [1.54, 1.807) is 19.1 Å². The van der Waals surface area contributed by atoms with Gasteiger partial charge in [0.05, 0.1) is 12.2 Å². The molecule has 4 rings (SSSR count). The first-order valence-electron chi connectivity index (χ1n) is 12.8.